The van der Waals surface area contributed by atoms with Gasteiger partial charge < -0.3 is 9.47 Å². The number of esters is 2. The Balaban J connectivity index is 1.82. The van der Waals surface area contributed by atoms with E-state index in [9.17, 15) is 9.59 Å². The summed E-state index contributed by atoms with van der Waals surface area (Å²) in [4.78, 5) is 23.2. The minimum Gasteiger partial charge on any atom is -0.423 e. The van der Waals surface area contributed by atoms with Crippen LogP contribution >= 0.6 is 0 Å². The highest BCUT2D eigenvalue weighted by molar-refractivity contribution is 5.92. The molecule has 0 aliphatic rings. The van der Waals surface area contributed by atoms with E-state index in [0.717, 1.165) is 21.9 Å². The maximum absolute atomic E-state index is 11.7. The van der Waals surface area contributed by atoms with E-state index in [0.29, 0.717) is 22.6 Å². The summed E-state index contributed by atoms with van der Waals surface area (Å²) < 4.78 is 10.5. The molecule has 3 aromatic carbocycles. The zero-order valence-corrected chi connectivity index (χ0v) is 15.8. The molecule has 0 radical (unpaired) electrons. The van der Waals surface area contributed by atoms with Gasteiger partial charge in [-0.25, -0.2) is 9.59 Å². The van der Waals surface area contributed by atoms with Gasteiger partial charge in [0.05, 0.1) is 0 Å². The van der Waals surface area contributed by atoms with Crippen LogP contribution in [0.1, 0.15) is 13.8 Å². The third-order valence-electron chi connectivity index (χ3n) is 4.12. The highest BCUT2D eigenvalue weighted by Crippen LogP contribution is 2.28. The van der Waals surface area contributed by atoms with Gasteiger partial charge in [0.25, 0.3) is 0 Å². The van der Waals surface area contributed by atoms with Crippen molar-refractivity contribution in [2.75, 3.05) is 0 Å². The predicted octanol–water partition coefficient (Wildman–Crippen LogP) is 5.47. The zero-order valence-electron chi connectivity index (χ0n) is 15.8. The molecule has 28 heavy (non-hydrogen) atoms. The molecule has 3 aromatic rings. The van der Waals surface area contributed by atoms with Crippen molar-refractivity contribution in [3.05, 3.63) is 85.0 Å². The van der Waals surface area contributed by atoms with Crippen LogP contribution in [-0.4, -0.2) is 11.9 Å². The molecule has 0 aromatic heterocycles. The summed E-state index contributed by atoms with van der Waals surface area (Å²) in [6.45, 7) is 10.4. The van der Waals surface area contributed by atoms with Crippen molar-refractivity contribution in [2.24, 2.45) is 0 Å². The lowest BCUT2D eigenvalue weighted by Gasteiger charge is -2.08. The van der Waals surface area contributed by atoms with Crippen LogP contribution in [0.5, 0.6) is 11.5 Å². The van der Waals surface area contributed by atoms with Crippen molar-refractivity contribution in [3.63, 3.8) is 0 Å². The molecule has 0 saturated carbocycles. The molecule has 0 aliphatic carbocycles. The summed E-state index contributed by atoms with van der Waals surface area (Å²) >= 11 is 0. The number of carbonyl (C=O) groups is 2. The lowest BCUT2D eigenvalue weighted by molar-refractivity contribution is -0.130. The molecule has 3 rings (SSSR count). The lowest BCUT2D eigenvalue weighted by atomic mass is 10.0. The highest BCUT2D eigenvalue weighted by Gasteiger charge is 2.08. The average molecular weight is 372 g/mol. The van der Waals surface area contributed by atoms with Crippen LogP contribution in [0.2, 0.25) is 0 Å². The minimum atomic E-state index is -0.443. The molecule has 0 N–H and O–H groups in total. The third-order valence-corrected chi connectivity index (χ3v) is 4.12. The summed E-state index contributed by atoms with van der Waals surface area (Å²) in [5, 5.41) is 1.98. The van der Waals surface area contributed by atoms with Gasteiger partial charge in [-0.05, 0) is 66.1 Å². The number of benzene rings is 3. The Bertz CT molecular complexity index is 1090. The maximum atomic E-state index is 11.7. The summed E-state index contributed by atoms with van der Waals surface area (Å²) in [7, 11) is 0. The standard InChI is InChI=1S/C24H20O4/c1-15(2)23(25)27-21-10-7-17(8-11-21)18-5-6-20-14-22(12-9-19(20)13-18)28-24(26)16(3)4/h5-14H,1,3H2,2,4H3. The molecule has 140 valence electrons. The van der Waals surface area contributed by atoms with Gasteiger partial charge in [-0.2, -0.15) is 0 Å². The Hall–Kier alpha value is -3.66. The Morgan fingerprint density at radius 2 is 1.11 bits per heavy atom. The molecule has 0 heterocycles. The SMILES string of the molecule is C=C(C)C(=O)Oc1ccc(-c2ccc3cc(OC(=O)C(=C)C)ccc3c2)cc1. The van der Waals surface area contributed by atoms with E-state index in [2.05, 4.69) is 19.2 Å². The van der Waals surface area contributed by atoms with Gasteiger partial charge in [-0.1, -0.05) is 43.5 Å². The normalized spacial score (nSPS) is 10.4. The molecule has 0 bridgehead atoms. The van der Waals surface area contributed by atoms with Crippen molar-refractivity contribution in [1.29, 1.82) is 0 Å². The first-order chi connectivity index (χ1) is 13.3. The van der Waals surface area contributed by atoms with Gasteiger partial charge in [-0.3, -0.25) is 0 Å². The van der Waals surface area contributed by atoms with Gasteiger partial charge in [0.1, 0.15) is 11.5 Å². The van der Waals surface area contributed by atoms with Crippen LogP contribution in [0.4, 0.5) is 0 Å². The number of ether oxygens (including phenoxy) is 2. The molecule has 4 nitrogen and oxygen atoms in total. The topological polar surface area (TPSA) is 52.6 Å². The molecule has 0 aliphatic heterocycles. The average Bonchev–Trinajstić information content (AvgIpc) is 2.68. The molecule has 0 atom stereocenters. The van der Waals surface area contributed by atoms with Crippen LogP contribution in [0.25, 0.3) is 21.9 Å². The molecule has 0 saturated heterocycles. The molecule has 0 spiro atoms. The second kappa shape index (κ2) is 7.92. The maximum Gasteiger partial charge on any atom is 0.338 e. The van der Waals surface area contributed by atoms with Crippen LogP contribution in [-0.2, 0) is 9.59 Å². The smallest absolute Gasteiger partial charge is 0.338 e. The summed E-state index contributed by atoms with van der Waals surface area (Å²) in [6.07, 6.45) is 0. The number of carbonyl (C=O) groups excluding carboxylic acids is 2. The summed E-state index contributed by atoms with van der Waals surface area (Å²) in [5.41, 5.74) is 2.73. The van der Waals surface area contributed by atoms with E-state index >= 15 is 0 Å². The number of rotatable bonds is 5. The highest BCUT2D eigenvalue weighted by atomic mass is 16.5. The van der Waals surface area contributed by atoms with E-state index in [1.165, 1.54) is 0 Å². The van der Waals surface area contributed by atoms with Crippen molar-refractivity contribution >= 4 is 22.7 Å². The van der Waals surface area contributed by atoms with E-state index in [4.69, 9.17) is 9.47 Å². The molecule has 0 unspecified atom stereocenters. The van der Waals surface area contributed by atoms with Crippen molar-refractivity contribution in [3.8, 4) is 22.6 Å². The quantitative estimate of drug-likeness (QED) is 0.338. The first-order valence-corrected chi connectivity index (χ1v) is 8.73. The zero-order chi connectivity index (χ0) is 20.3. The second-order valence-electron chi connectivity index (χ2n) is 6.59. The van der Waals surface area contributed by atoms with Gasteiger partial charge in [-0.15, -0.1) is 0 Å². The molecular weight excluding hydrogens is 352 g/mol. The van der Waals surface area contributed by atoms with E-state index in [1.54, 1.807) is 32.0 Å². The fraction of sp³-hybridized carbons (Fsp3) is 0.0833. The van der Waals surface area contributed by atoms with Crippen LogP contribution in [0.3, 0.4) is 0 Å². The summed E-state index contributed by atoms with van der Waals surface area (Å²) in [5.74, 6) is 0.0726. The van der Waals surface area contributed by atoms with Crippen LogP contribution < -0.4 is 9.47 Å². The second-order valence-corrected chi connectivity index (χ2v) is 6.59. The van der Waals surface area contributed by atoms with Gasteiger partial charge >= 0.3 is 11.9 Å². The molecular formula is C24H20O4. The third kappa shape index (κ3) is 4.35. The number of hydrogen-bond donors (Lipinski definition) is 0. The van der Waals surface area contributed by atoms with Gasteiger partial charge in [0, 0.05) is 11.1 Å². The molecule has 0 fully saturated rings. The molecule has 4 heteroatoms. The fourth-order valence-corrected chi connectivity index (χ4v) is 2.57. The first-order valence-electron chi connectivity index (χ1n) is 8.73. The Morgan fingerprint density at radius 3 is 1.71 bits per heavy atom. The Morgan fingerprint density at radius 1 is 0.643 bits per heavy atom. The molecule has 0 amide bonds. The van der Waals surface area contributed by atoms with Crippen LogP contribution in [0.15, 0.2) is 85.0 Å². The first kappa shape index (κ1) is 19.1. The van der Waals surface area contributed by atoms with Gasteiger partial charge in [0.15, 0.2) is 0 Å². The number of fused-ring (bicyclic) bond motifs is 1. The Labute approximate surface area is 163 Å². The number of hydrogen-bond acceptors (Lipinski definition) is 4. The van der Waals surface area contributed by atoms with Crippen molar-refractivity contribution in [2.45, 2.75) is 13.8 Å². The largest absolute Gasteiger partial charge is 0.423 e. The monoisotopic (exact) mass is 372 g/mol. The summed E-state index contributed by atoms with van der Waals surface area (Å²) in [6, 6.07) is 18.8. The minimum absolute atomic E-state index is 0.354. The van der Waals surface area contributed by atoms with E-state index in [1.807, 2.05) is 36.4 Å². The predicted molar refractivity (Wildman–Crippen MR) is 110 cm³/mol. The van der Waals surface area contributed by atoms with E-state index < -0.39 is 11.9 Å². The van der Waals surface area contributed by atoms with Crippen molar-refractivity contribution in [1.82, 2.24) is 0 Å². The van der Waals surface area contributed by atoms with Crippen molar-refractivity contribution < 1.29 is 19.1 Å². The Kier molecular flexibility index (Phi) is 5.41. The van der Waals surface area contributed by atoms with Gasteiger partial charge in [0.2, 0.25) is 0 Å². The lowest BCUT2D eigenvalue weighted by Crippen LogP contribution is -2.08. The van der Waals surface area contributed by atoms with E-state index in [-0.39, 0.29) is 0 Å². The fourth-order valence-electron chi connectivity index (χ4n) is 2.57. The van der Waals surface area contributed by atoms with Crippen LogP contribution in [0, 0.1) is 0 Å².